The molecule has 1 aromatic carbocycles. The normalized spacial score (nSPS) is 23.1. The van der Waals surface area contributed by atoms with Gasteiger partial charge in [-0.25, -0.2) is 18.7 Å². The number of fused-ring (bicyclic) bond motifs is 1. The Labute approximate surface area is 181 Å². The molecular weight excluding hydrogens is 396 g/mol. The van der Waals surface area contributed by atoms with E-state index in [-0.39, 0.29) is 18.9 Å². The van der Waals surface area contributed by atoms with Crippen molar-refractivity contribution >= 4 is 17.1 Å². The summed E-state index contributed by atoms with van der Waals surface area (Å²) in [5.74, 6) is -1.88. The highest BCUT2D eigenvalue weighted by atomic mass is 19.3. The number of benzene rings is 1. The Kier molecular flexibility index (Phi) is 5.30. The molecule has 31 heavy (non-hydrogen) atoms. The Morgan fingerprint density at radius 1 is 1.13 bits per heavy atom. The molecule has 1 N–H and O–H groups in total. The number of aromatic nitrogens is 2. The Morgan fingerprint density at radius 3 is 2.74 bits per heavy atom. The van der Waals surface area contributed by atoms with Crippen LogP contribution in [0.15, 0.2) is 41.7 Å². The van der Waals surface area contributed by atoms with Gasteiger partial charge in [0, 0.05) is 44.1 Å². The Morgan fingerprint density at radius 2 is 1.97 bits per heavy atom. The van der Waals surface area contributed by atoms with E-state index in [0.717, 1.165) is 42.9 Å². The van der Waals surface area contributed by atoms with E-state index in [2.05, 4.69) is 46.5 Å². The molecule has 1 atom stereocenters. The van der Waals surface area contributed by atoms with Gasteiger partial charge < -0.3 is 10.2 Å². The topological polar surface area (TPSA) is 53.4 Å². The minimum atomic E-state index is -2.58. The molecule has 4 heterocycles. The van der Waals surface area contributed by atoms with Crippen molar-refractivity contribution in [2.45, 2.75) is 44.6 Å². The van der Waals surface area contributed by atoms with Gasteiger partial charge in [-0.1, -0.05) is 18.2 Å². The summed E-state index contributed by atoms with van der Waals surface area (Å²) in [7, 11) is 0. The Bertz CT molecular complexity index is 1040. The average Bonchev–Trinajstić information content (AvgIpc) is 2.79. The molecule has 7 heteroatoms. The van der Waals surface area contributed by atoms with Gasteiger partial charge in [0.25, 0.3) is 5.92 Å². The summed E-state index contributed by atoms with van der Waals surface area (Å²) in [6.07, 6.45) is 5.42. The van der Waals surface area contributed by atoms with E-state index in [1.165, 1.54) is 23.0 Å². The molecule has 5 rings (SSSR count). The molecule has 2 aromatic rings. The standard InChI is InChI=1S/C24H27F2N5/c1-16-12-19-3-2-18(17-4-8-27-9-5-17)13-20(19)23(30-16)21-14-22(29-15-28-21)31-10-6-24(25,26)7-11-31/h2-4,13-16,27H,5-12H2,1H3. The molecule has 1 saturated heterocycles. The zero-order valence-electron chi connectivity index (χ0n) is 17.7. The zero-order valence-corrected chi connectivity index (χ0v) is 17.7. The molecule has 3 aliphatic rings. The van der Waals surface area contributed by atoms with E-state index < -0.39 is 5.92 Å². The van der Waals surface area contributed by atoms with Gasteiger partial charge >= 0.3 is 0 Å². The lowest BCUT2D eigenvalue weighted by Crippen LogP contribution is -2.39. The Balaban J connectivity index is 1.49. The van der Waals surface area contributed by atoms with E-state index in [1.807, 2.05) is 11.0 Å². The van der Waals surface area contributed by atoms with Gasteiger partial charge in [0.2, 0.25) is 0 Å². The number of piperidine rings is 1. The van der Waals surface area contributed by atoms with E-state index in [1.54, 1.807) is 0 Å². The van der Waals surface area contributed by atoms with Crippen molar-refractivity contribution in [3.05, 3.63) is 59.1 Å². The lowest BCUT2D eigenvalue weighted by molar-refractivity contribution is -0.0221. The summed E-state index contributed by atoms with van der Waals surface area (Å²) in [4.78, 5) is 15.8. The van der Waals surface area contributed by atoms with E-state index in [0.29, 0.717) is 18.9 Å². The van der Waals surface area contributed by atoms with Gasteiger partial charge in [-0.15, -0.1) is 0 Å². The molecule has 1 unspecified atom stereocenters. The molecule has 0 aliphatic carbocycles. The smallest absolute Gasteiger partial charge is 0.251 e. The van der Waals surface area contributed by atoms with Crippen molar-refractivity contribution in [2.75, 3.05) is 31.1 Å². The number of aliphatic imine (C=N–C) groups is 1. The first-order chi connectivity index (χ1) is 15.0. The number of hydrogen-bond donors (Lipinski definition) is 1. The second-order valence-electron chi connectivity index (χ2n) is 8.69. The number of hydrogen-bond acceptors (Lipinski definition) is 5. The highest BCUT2D eigenvalue weighted by Crippen LogP contribution is 2.31. The van der Waals surface area contributed by atoms with Crippen molar-refractivity contribution in [2.24, 2.45) is 4.99 Å². The summed E-state index contributed by atoms with van der Waals surface area (Å²) >= 11 is 0. The van der Waals surface area contributed by atoms with Crippen LogP contribution in [0.4, 0.5) is 14.6 Å². The van der Waals surface area contributed by atoms with Crippen LogP contribution >= 0.6 is 0 Å². The van der Waals surface area contributed by atoms with Gasteiger partial charge in [-0.05, 0) is 49.1 Å². The van der Waals surface area contributed by atoms with Crippen molar-refractivity contribution in [1.82, 2.24) is 15.3 Å². The predicted molar refractivity (Wildman–Crippen MR) is 119 cm³/mol. The monoisotopic (exact) mass is 423 g/mol. The average molecular weight is 424 g/mol. The molecule has 0 spiro atoms. The molecule has 162 valence electrons. The van der Waals surface area contributed by atoms with Crippen molar-refractivity contribution in [1.29, 1.82) is 0 Å². The minimum Gasteiger partial charge on any atom is -0.356 e. The highest BCUT2D eigenvalue weighted by Gasteiger charge is 2.34. The first kappa shape index (κ1) is 20.2. The molecular formula is C24H27F2N5. The zero-order chi connectivity index (χ0) is 21.4. The third-order valence-corrected chi connectivity index (χ3v) is 6.38. The van der Waals surface area contributed by atoms with Crippen LogP contribution in [0.25, 0.3) is 5.57 Å². The lowest BCUT2D eigenvalue weighted by Gasteiger charge is -2.32. The van der Waals surface area contributed by atoms with Crippen LogP contribution in [0.3, 0.4) is 0 Å². The first-order valence-electron chi connectivity index (χ1n) is 11.0. The molecule has 5 nitrogen and oxygen atoms in total. The van der Waals surface area contributed by atoms with Gasteiger partial charge in [-0.2, -0.15) is 0 Å². The van der Waals surface area contributed by atoms with E-state index in [4.69, 9.17) is 4.99 Å². The molecule has 0 saturated carbocycles. The molecule has 0 bridgehead atoms. The molecule has 1 aromatic heterocycles. The summed E-state index contributed by atoms with van der Waals surface area (Å²) in [5, 5.41) is 3.36. The van der Waals surface area contributed by atoms with Crippen LogP contribution in [0, 0.1) is 0 Å². The summed E-state index contributed by atoms with van der Waals surface area (Å²) < 4.78 is 27.2. The van der Waals surface area contributed by atoms with Crippen molar-refractivity contribution in [3.63, 3.8) is 0 Å². The Hall–Kier alpha value is -2.67. The van der Waals surface area contributed by atoms with Crippen LogP contribution in [0.5, 0.6) is 0 Å². The fourth-order valence-corrected chi connectivity index (χ4v) is 4.63. The van der Waals surface area contributed by atoms with Crippen LogP contribution in [0.1, 0.15) is 48.6 Å². The lowest BCUT2D eigenvalue weighted by atomic mass is 9.88. The van der Waals surface area contributed by atoms with Crippen LogP contribution in [0.2, 0.25) is 0 Å². The quantitative estimate of drug-likeness (QED) is 0.814. The number of halogens is 2. The van der Waals surface area contributed by atoms with E-state index in [9.17, 15) is 8.78 Å². The van der Waals surface area contributed by atoms with Crippen LogP contribution in [-0.2, 0) is 6.42 Å². The molecule has 0 radical (unpaired) electrons. The van der Waals surface area contributed by atoms with Crippen molar-refractivity contribution < 1.29 is 8.78 Å². The minimum absolute atomic E-state index is 0.138. The van der Waals surface area contributed by atoms with Gasteiger partial charge in [0.05, 0.1) is 17.4 Å². The van der Waals surface area contributed by atoms with Crippen LogP contribution < -0.4 is 10.2 Å². The molecule has 0 amide bonds. The SMILES string of the molecule is CC1Cc2ccc(C3=CCNCC3)cc2C(c2cc(N3CCC(F)(F)CC3)ncn2)=N1. The number of nitrogens with zero attached hydrogens (tertiary/aromatic N) is 4. The molecule has 3 aliphatic heterocycles. The maximum Gasteiger partial charge on any atom is 0.251 e. The predicted octanol–water partition coefficient (Wildman–Crippen LogP) is 3.87. The van der Waals surface area contributed by atoms with Gasteiger partial charge in [-0.3, -0.25) is 4.99 Å². The van der Waals surface area contributed by atoms with E-state index >= 15 is 0 Å². The van der Waals surface area contributed by atoms with Crippen molar-refractivity contribution in [3.8, 4) is 0 Å². The second-order valence-corrected chi connectivity index (χ2v) is 8.69. The summed E-state index contributed by atoms with van der Waals surface area (Å²) in [5.41, 5.74) is 6.60. The summed E-state index contributed by atoms with van der Waals surface area (Å²) in [6, 6.07) is 8.73. The number of anilines is 1. The third kappa shape index (κ3) is 4.24. The maximum atomic E-state index is 13.6. The van der Waals surface area contributed by atoms with Gasteiger partial charge in [0.1, 0.15) is 12.1 Å². The number of nitrogens with one attached hydrogen (secondary N) is 1. The highest BCUT2D eigenvalue weighted by molar-refractivity contribution is 6.13. The third-order valence-electron chi connectivity index (χ3n) is 6.38. The van der Waals surface area contributed by atoms with Gasteiger partial charge in [0.15, 0.2) is 0 Å². The number of rotatable bonds is 3. The molecule has 1 fully saturated rings. The first-order valence-corrected chi connectivity index (χ1v) is 11.0. The largest absolute Gasteiger partial charge is 0.356 e. The fourth-order valence-electron chi connectivity index (χ4n) is 4.63. The second kappa shape index (κ2) is 8.11. The number of alkyl halides is 2. The maximum absolute atomic E-state index is 13.6. The fraction of sp³-hybridized carbons (Fsp3) is 0.458. The van der Waals surface area contributed by atoms with Crippen LogP contribution in [-0.4, -0.2) is 53.8 Å². The summed E-state index contributed by atoms with van der Waals surface area (Å²) in [6.45, 7) is 4.60.